The number of thiocarbonyl (C=S) groups is 1. The Balaban J connectivity index is 2.29. The molecule has 0 fully saturated rings. The number of benzene rings is 1. The maximum atomic E-state index is 12.0. The Morgan fingerprint density at radius 3 is 2.78 bits per heavy atom. The fourth-order valence-electron chi connectivity index (χ4n) is 1.58. The first-order valence-electron chi connectivity index (χ1n) is 5.13. The van der Waals surface area contributed by atoms with E-state index in [1.54, 1.807) is 12.3 Å². The molecule has 0 unspecified atom stereocenters. The number of fused-ring (bicyclic) bond motifs is 1. The van der Waals surface area contributed by atoms with Crippen molar-refractivity contribution in [2.75, 3.05) is 6.26 Å². The van der Waals surface area contributed by atoms with Gasteiger partial charge in [0.15, 0.2) is 0 Å². The van der Waals surface area contributed by atoms with Crippen LogP contribution in [0.2, 0.25) is 0 Å². The van der Waals surface area contributed by atoms with Crippen LogP contribution in [0.1, 0.15) is 10.4 Å². The number of thioether (sulfide) groups is 1. The molecule has 2 aromatic rings. The van der Waals surface area contributed by atoms with Gasteiger partial charge in [0.25, 0.3) is 11.7 Å². The molecule has 92 valence electrons. The van der Waals surface area contributed by atoms with Crippen LogP contribution in [0.25, 0.3) is 10.9 Å². The molecule has 1 heterocycles. The van der Waals surface area contributed by atoms with Gasteiger partial charge in [-0.05, 0) is 12.3 Å². The summed E-state index contributed by atoms with van der Waals surface area (Å²) in [6.07, 6.45) is 3.27. The van der Waals surface area contributed by atoms with Crippen molar-refractivity contribution < 1.29 is 9.59 Å². The number of amides is 1. The highest BCUT2D eigenvalue weighted by Crippen LogP contribution is 2.18. The Bertz CT molecular complexity index is 634. The topological polar surface area (TPSA) is 62.0 Å². The van der Waals surface area contributed by atoms with Crippen LogP contribution < -0.4 is 5.32 Å². The predicted octanol–water partition coefficient (Wildman–Crippen LogP) is 2.11. The van der Waals surface area contributed by atoms with Gasteiger partial charge in [0.05, 0.1) is 5.56 Å². The van der Waals surface area contributed by atoms with Gasteiger partial charge in [0.1, 0.15) is 4.32 Å². The average molecular weight is 278 g/mol. The van der Waals surface area contributed by atoms with E-state index in [9.17, 15) is 9.59 Å². The van der Waals surface area contributed by atoms with Gasteiger partial charge in [0, 0.05) is 17.1 Å². The van der Waals surface area contributed by atoms with E-state index in [1.807, 2.05) is 18.2 Å². The summed E-state index contributed by atoms with van der Waals surface area (Å²) in [6.45, 7) is 0. The number of Topliss-reactive ketones (excluding diaryl/α,β-unsaturated/α-hetero) is 1. The number of aromatic amines is 1. The summed E-state index contributed by atoms with van der Waals surface area (Å²) in [5.41, 5.74) is 1.17. The van der Waals surface area contributed by atoms with Gasteiger partial charge < -0.3 is 10.3 Å². The van der Waals surface area contributed by atoms with Crippen molar-refractivity contribution in [2.45, 2.75) is 0 Å². The molecule has 1 amide bonds. The van der Waals surface area contributed by atoms with Crippen molar-refractivity contribution in [3.63, 3.8) is 0 Å². The minimum absolute atomic E-state index is 0.285. The number of aromatic nitrogens is 1. The Morgan fingerprint density at radius 1 is 1.33 bits per heavy atom. The van der Waals surface area contributed by atoms with Crippen LogP contribution in [0.4, 0.5) is 0 Å². The first kappa shape index (κ1) is 12.8. The van der Waals surface area contributed by atoms with Gasteiger partial charge in [-0.15, -0.1) is 11.8 Å². The van der Waals surface area contributed by atoms with Gasteiger partial charge in [-0.3, -0.25) is 9.59 Å². The largest absolute Gasteiger partial charge is 0.360 e. The Morgan fingerprint density at radius 2 is 2.06 bits per heavy atom. The maximum absolute atomic E-state index is 12.0. The molecule has 0 aliphatic carbocycles. The van der Waals surface area contributed by atoms with Crippen molar-refractivity contribution in [1.82, 2.24) is 10.3 Å². The van der Waals surface area contributed by atoms with Crippen LogP contribution in [0.3, 0.4) is 0 Å². The number of para-hydroxylation sites is 1. The predicted molar refractivity (Wildman–Crippen MR) is 76.9 cm³/mol. The zero-order valence-corrected chi connectivity index (χ0v) is 11.2. The van der Waals surface area contributed by atoms with Gasteiger partial charge in [-0.25, -0.2) is 0 Å². The summed E-state index contributed by atoms with van der Waals surface area (Å²) in [5.74, 6) is -1.30. The smallest absolute Gasteiger partial charge is 0.297 e. The lowest BCUT2D eigenvalue weighted by atomic mass is 10.1. The van der Waals surface area contributed by atoms with E-state index in [1.165, 1.54) is 18.0 Å². The number of nitrogens with one attached hydrogen (secondary N) is 2. The van der Waals surface area contributed by atoms with Crippen LogP contribution in [0, 0.1) is 0 Å². The molecule has 6 heteroatoms. The molecule has 4 nitrogen and oxygen atoms in total. The molecule has 0 saturated carbocycles. The number of ketones is 1. The summed E-state index contributed by atoms with van der Waals surface area (Å²) in [4.78, 5) is 26.6. The summed E-state index contributed by atoms with van der Waals surface area (Å²) >= 11 is 6.06. The van der Waals surface area contributed by atoms with E-state index in [2.05, 4.69) is 10.3 Å². The molecule has 1 aromatic heterocycles. The summed E-state index contributed by atoms with van der Waals surface area (Å²) in [6, 6.07) is 7.31. The molecule has 0 aliphatic rings. The Hall–Kier alpha value is -1.66. The normalized spacial score (nSPS) is 10.3. The zero-order valence-electron chi connectivity index (χ0n) is 9.52. The van der Waals surface area contributed by atoms with Crippen LogP contribution >= 0.6 is 24.0 Å². The number of hydrogen-bond acceptors (Lipinski definition) is 4. The zero-order chi connectivity index (χ0) is 13.1. The number of carbonyl (C=O) groups is 2. The molecule has 2 rings (SSSR count). The highest BCUT2D eigenvalue weighted by molar-refractivity contribution is 8.22. The second kappa shape index (κ2) is 5.32. The molecule has 0 bridgehead atoms. The van der Waals surface area contributed by atoms with Crippen LogP contribution in [-0.4, -0.2) is 27.3 Å². The van der Waals surface area contributed by atoms with Gasteiger partial charge in [-0.2, -0.15) is 0 Å². The third-order valence-electron chi connectivity index (χ3n) is 2.44. The lowest BCUT2D eigenvalue weighted by Gasteiger charge is -2.02. The molecule has 0 saturated heterocycles. The molecular formula is C12H10N2O2S2. The van der Waals surface area contributed by atoms with Gasteiger partial charge in [-0.1, -0.05) is 30.4 Å². The molecule has 0 spiro atoms. The number of carbonyl (C=O) groups excluding carboxylic acids is 2. The van der Waals surface area contributed by atoms with E-state index in [4.69, 9.17) is 12.2 Å². The number of rotatable bonds is 2. The Kier molecular flexibility index (Phi) is 3.78. The molecule has 2 N–H and O–H groups in total. The van der Waals surface area contributed by atoms with Crippen LogP contribution in [-0.2, 0) is 4.79 Å². The molecular weight excluding hydrogens is 268 g/mol. The minimum atomic E-state index is -0.709. The highest BCUT2D eigenvalue weighted by atomic mass is 32.2. The van der Waals surface area contributed by atoms with E-state index >= 15 is 0 Å². The van der Waals surface area contributed by atoms with Gasteiger partial charge in [0.2, 0.25) is 0 Å². The van der Waals surface area contributed by atoms with E-state index in [0.29, 0.717) is 5.56 Å². The van der Waals surface area contributed by atoms with Crippen molar-refractivity contribution in [3.8, 4) is 0 Å². The quantitative estimate of drug-likeness (QED) is 0.502. The standard InChI is InChI=1S/C12H10N2O2S2/c1-18-12(17)14-11(16)10(15)8-6-13-9-5-3-2-4-7(8)9/h2-6,13H,1H3,(H,14,16,17). The second-order valence-corrected chi connectivity index (χ2v) is 5.01. The van der Waals surface area contributed by atoms with Crippen molar-refractivity contribution in [3.05, 3.63) is 36.0 Å². The molecule has 1 aromatic carbocycles. The summed E-state index contributed by atoms with van der Waals surface area (Å²) < 4.78 is 0.285. The fraction of sp³-hybridized carbons (Fsp3) is 0.0833. The van der Waals surface area contributed by atoms with Crippen LogP contribution in [0.5, 0.6) is 0 Å². The lowest BCUT2D eigenvalue weighted by molar-refractivity contribution is -0.115. The third kappa shape index (κ3) is 2.44. The Labute approximate surface area is 113 Å². The van der Waals surface area contributed by atoms with Crippen molar-refractivity contribution in [1.29, 1.82) is 0 Å². The monoisotopic (exact) mass is 278 g/mol. The van der Waals surface area contributed by atoms with E-state index < -0.39 is 11.7 Å². The summed E-state index contributed by atoms with van der Waals surface area (Å²) in [7, 11) is 0. The summed E-state index contributed by atoms with van der Waals surface area (Å²) in [5, 5.41) is 3.10. The molecule has 0 radical (unpaired) electrons. The number of hydrogen-bond donors (Lipinski definition) is 2. The first-order valence-corrected chi connectivity index (χ1v) is 6.76. The maximum Gasteiger partial charge on any atom is 0.297 e. The first-order chi connectivity index (χ1) is 8.63. The SMILES string of the molecule is CSC(=S)NC(=O)C(=O)c1c[nH]c2ccccc12. The van der Waals surface area contributed by atoms with Crippen molar-refractivity contribution >= 4 is 50.9 Å². The molecule has 0 aliphatic heterocycles. The third-order valence-corrected chi connectivity index (χ3v) is 3.52. The fourth-order valence-corrected chi connectivity index (χ4v) is 1.87. The lowest BCUT2D eigenvalue weighted by Crippen LogP contribution is -2.33. The average Bonchev–Trinajstić information content (AvgIpc) is 2.81. The molecule has 18 heavy (non-hydrogen) atoms. The van der Waals surface area contributed by atoms with E-state index in [-0.39, 0.29) is 4.32 Å². The van der Waals surface area contributed by atoms with Gasteiger partial charge >= 0.3 is 0 Å². The van der Waals surface area contributed by atoms with Crippen LogP contribution in [0.15, 0.2) is 30.5 Å². The highest BCUT2D eigenvalue weighted by Gasteiger charge is 2.20. The minimum Gasteiger partial charge on any atom is -0.360 e. The van der Waals surface area contributed by atoms with Crippen molar-refractivity contribution in [2.24, 2.45) is 0 Å². The number of H-pyrrole nitrogens is 1. The second-order valence-electron chi connectivity index (χ2n) is 3.52. The van der Waals surface area contributed by atoms with E-state index in [0.717, 1.165) is 10.9 Å². The molecule has 0 atom stereocenters.